The fourth-order valence-electron chi connectivity index (χ4n) is 0.408. The maximum atomic E-state index is 10.3. The Labute approximate surface area is 84.5 Å². The molecule has 0 aromatic carbocycles. The summed E-state index contributed by atoms with van der Waals surface area (Å²) in [5.74, 6) is -0.901. The Morgan fingerprint density at radius 1 is 1.13 bits per heavy atom. The van der Waals surface area contributed by atoms with E-state index in [1.165, 1.54) is 0 Å². The molecule has 0 heterocycles. The number of phosphoric acid groups is 1. The predicted molar refractivity (Wildman–Crippen MR) is 45.5 cm³/mol. The van der Waals surface area contributed by atoms with Gasteiger partial charge in [0.25, 0.3) is 0 Å². The fraction of sp³-hybridized carbons (Fsp3) is 0.800. The van der Waals surface area contributed by atoms with E-state index in [1.807, 2.05) is 0 Å². The maximum Gasteiger partial charge on any atom is 0.466 e. The van der Waals surface area contributed by atoms with Gasteiger partial charge in [-0.25, -0.2) is 4.57 Å². The van der Waals surface area contributed by atoms with Gasteiger partial charge in [-0.3, -0.25) is 4.79 Å². The Morgan fingerprint density at radius 2 is 1.47 bits per heavy atom. The zero-order valence-corrected chi connectivity index (χ0v) is 8.36. The van der Waals surface area contributed by atoms with Crippen LogP contribution in [-0.4, -0.2) is 66.3 Å². The normalized spacial score (nSPS) is 14.9. The summed E-state index contributed by atoms with van der Waals surface area (Å²) in [5, 5.41) is 33.6. The van der Waals surface area contributed by atoms with Crippen LogP contribution in [0.3, 0.4) is 0 Å². The smallest absolute Gasteiger partial charge is 0.394 e. The Hall–Kier alpha value is -0.380. The van der Waals surface area contributed by atoms with Crippen LogP contribution >= 0.6 is 7.82 Å². The van der Waals surface area contributed by atoms with Crippen molar-refractivity contribution in [3.05, 3.63) is 0 Å². The van der Waals surface area contributed by atoms with Crippen LogP contribution in [0.15, 0.2) is 0 Å². The Kier molecular flexibility index (Phi) is 8.92. The molecule has 0 rings (SSSR count). The SMILES string of the molecule is O=C(CO)[C@@H](O)[C@H](O)CO.O=P(O)(O)O. The molecule has 0 saturated heterocycles. The number of carbonyl (C=O) groups excluding carboxylic acids is 1. The molecule has 0 spiro atoms. The van der Waals surface area contributed by atoms with Crippen molar-refractivity contribution in [2.75, 3.05) is 13.2 Å². The van der Waals surface area contributed by atoms with Gasteiger partial charge in [0.1, 0.15) is 18.8 Å². The van der Waals surface area contributed by atoms with Gasteiger partial charge in [-0.2, -0.15) is 0 Å². The zero-order chi connectivity index (χ0) is 12.6. The highest BCUT2D eigenvalue weighted by molar-refractivity contribution is 7.45. The number of aliphatic hydroxyl groups is 4. The molecular weight excluding hydrogens is 235 g/mol. The summed E-state index contributed by atoms with van der Waals surface area (Å²) in [5.41, 5.74) is 0. The molecule has 0 fully saturated rings. The third kappa shape index (κ3) is 13.6. The highest BCUT2D eigenvalue weighted by atomic mass is 31.2. The molecule has 92 valence electrons. The second kappa shape index (κ2) is 7.85. The van der Waals surface area contributed by atoms with Crippen molar-refractivity contribution >= 4 is 13.6 Å². The molecule has 0 aromatic heterocycles. The summed E-state index contributed by atoms with van der Waals surface area (Å²) in [6, 6.07) is 0. The lowest BCUT2D eigenvalue weighted by Gasteiger charge is -2.11. The number of ketones is 1. The second-order valence-electron chi connectivity index (χ2n) is 2.33. The second-order valence-corrected chi connectivity index (χ2v) is 3.36. The molecule has 0 amide bonds. The minimum atomic E-state index is -4.64. The summed E-state index contributed by atoms with van der Waals surface area (Å²) < 4.78 is 8.88. The Morgan fingerprint density at radius 3 is 1.67 bits per heavy atom. The molecule has 15 heavy (non-hydrogen) atoms. The number of hydrogen-bond acceptors (Lipinski definition) is 6. The van der Waals surface area contributed by atoms with Crippen molar-refractivity contribution in [3.63, 3.8) is 0 Å². The third-order valence-electron chi connectivity index (χ3n) is 1.04. The van der Waals surface area contributed by atoms with E-state index in [1.54, 1.807) is 0 Å². The van der Waals surface area contributed by atoms with E-state index in [0.29, 0.717) is 0 Å². The molecule has 0 unspecified atom stereocenters. The first kappa shape index (κ1) is 17.0. The number of hydrogen-bond donors (Lipinski definition) is 7. The van der Waals surface area contributed by atoms with Gasteiger partial charge in [-0.05, 0) is 0 Å². The molecule has 10 heteroatoms. The highest BCUT2D eigenvalue weighted by Crippen LogP contribution is 2.25. The maximum absolute atomic E-state index is 10.3. The van der Waals surface area contributed by atoms with Crippen LogP contribution < -0.4 is 0 Å². The third-order valence-corrected chi connectivity index (χ3v) is 1.04. The molecule has 0 aliphatic rings. The van der Waals surface area contributed by atoms with E-state index in [0.717, 1.165) is 0 Å². The topological polar surface area (TPSA) is 176 Å². The van der Waals surface area contributed by atoms with Gasteiger partial charge in [0.2, 0.25) is 0 Å². The summed E-state index contributed by atoms with van der Waals surface area (Å²) in [4.78, 5) is 31.9. The first-order valence-electron chi connectivity index (χ1n) is 3.52. The minimum Gasteiger partial charge on any atom is -0.394 e. The standard InChI is InChI=1S/C5H10O5.H3O4P/c6-1-3(8)5(10)4(9)2-7;1-5(2,3)4/h3,5-8,10H,1-2H2;(H3,1,2,3,4)/t3-,5+;/m1./s1. The first-order valence-corrected chi connectivity index (χ1v) is 5.08. The van der Waals surface area contributed by atoms with Gasteiger partial charge in [-0.1, -0.05) is 0 Å². The van der Waals surface area contributed by atoms with Gasteiger partial charge in [0.15, 0.2) is 5.78 Å². The van der Waals surface area contributed by atoms with Crippen molar-refractivity contribution in [3.8, 4) is 0 Å². The van der Waals surface area contributed by atoms with Crippen molar-refractivity contribution in [1.29, 1.82) is 0 Å². The van der Waals surface area contributed by atoms with Crippen LogP contribution in [0.5, 0.6) is 0 Å². The number of rotatable bonds is 4. The van der Waals surface area contributed by atoms with Crippen molar-refractivity contribution in [2.24, 2.45) is 0 Å². The predicted octanol–water partition coefficient (Wildman–Crippen LogP) is -3.67. The number of Topliss-reactive ketones (excluding diaryl/α,β-unsaturated/α-hetero) is 1. The number of carbonyl (C=O) groups is 1. The summed E-state index contributed by atoms with van der Waals surface area (Å²) in [7, 11) is -4.64. The van der Waals surface area contributed by atoms with Gasteiger partial charge in [-0.15, -0.1) is 0 Å². The molecule has 0 aliphatic carbocycles. The van der Waals surface area contributed by atoms with Crippen LogP contribution in [-0.2, 0) is 9.36 Å². The molecular formula is C5H13O9P. The summed E-state index contributed by atoms with van der Waals surface area (Å²) in [6.07, 6.45) is -3.19. The molecule has 0 saturated carbocycles. The highest BCUT2D eigenvalue weighted by Gasteiger charge is 2.21. The minimum absolute atomic E-state index is 0.701. The van der Waals surface area contributed by atoms with Crippen LogP contribution in [0, 0.1) is 0 Å². The largest absolute Gasteiger partial charge is 0.466 e. The van der Waals surface area contributed by atoms with E-state index >= 15 is 0 Å². The van der Waals surface area contributed by atoms with E-state index in [2.05, 4.69) is 0 Å². The molecule has 7 N–H and O–H groups in total. The molecule has 9 nitrogen and oxygen atoms in total. The van der Waals surface area contributed by atoms with E-state index in [-0.39, 0.29) is 0 Å². The summed E-state index contributed by atoms with van der Waals surface area (Å²) >= 11 is 0. The van der Waals surface area contributed by atoms with Gasteiger partial charge < -0.3 is 35.1 Å². The lowest BCUT2D eigenvalue weighted by atomic mass is 10.1. The van der Waals surface area contributed by atoms with E-state index < -0.39 is 39.0 Å². The van der Waals surface area contributed by atoms with Crippen molar-refractivity contribution in [2.45, 2.75) is 12.2 Å². The lowest BCUT2D eigenvalue weighted by Crippen LogP contribution is -2.37. The van der Waals surface area contributed by atoms with E-state index in [9.17, 15) is 4.79 Å². The Balaban J connectivity index is 0. The molecule has 0 aliphatic heterocycles. The summed E-state index contributed by atoms with van der Waals surface area (Å²) in [6.45, 7) is -1.54. The number of aliphatic hydroxyl groups excluding tert-OH is 4. The van der Waals surface area contributed by atoms with Gasteiger partial charge in [0, 0.05) is 0 Å². The first-order chi connectivity index (χ1) is 6.63. The Bertz CT molecular complexity index is 214. The van der Waals surface area contributed by atoms with Crippen LogP contribution in [0.1, 0.15) is 0 Å². The average Bonchev–Trinajstić information content (AvgIpc) is 2.11. The van der Waals surface area contributed by atoms with Crippen LogP contribution in [0.25, 0.3) is 0 Å². The van der Waals surface area contributed by atoms with E-state index in [4.69, 9.17) is 39.7 Å². The fourth-order valence-corrected chi connectivity index (χ4v) is 0.408. The molecule has 0 bridgehead atoms. The molecule has 2 atom stereocenters. The lowest BCUT2D eigenvalue weighted by molar-refractivity contribution is -0.137. The van der Waals surface area contributed by atoms with Crippen molar-refractivity contribution in [1.82, 2.24) is 0 Å². The van der Waals surface area contributed by atoms with Gasteiger partial charge in [0.05, 0.1) is 6.61 Å². The van der Waals surface area contributed by atoms with Crippen LogP contribution in [0.4, 0.5) is 0 Å². The van der Waals surface area contributed by atoms with Crippen molar-refractivity contribution < 1.29 is 44.5 Å². The quantitative estimate of drug-likeness (QED) is 0.247. The van der Waals surface area contributed by atoms with Gasteiger partial charge >= 0.3 is 7.82 Å². The molecule has 0 radical (unpaired) electrons. The zero-order valence-electron chi connectivity index (χ0n) is 7.46. The monoisotopic (exact) mass is 248 g/mol. The average molecular weight is 248 g/mol. The molecule has 0 aromatic rings. The van der Waals surface area contributed by atoms with Crippen LogP contribution in [0.2, 0.25) is 0 Å².